The number of halogens is 2. The quantitative estimate of drug-likeness (QED) is 0.880. The Bertz CT molecular complexity index is 510. The molecule has 0 radical (unpaired) electrons. The lowest BCUT2D eigenvalue weighted by Gasteiger charge is -1.99. The van der Waals surface area contributed by atoms with Gasteiger partial charge in [0.15, 0.2) is 0 Å². The molecule has 90 valence electrons. The second kappa shape index (κ2) is 5.29. The van der Waals surface area contributed by atoms with E-state index >= 15 is 0 Å². The van der Waals surface area contributed by atoms with Crippen molar-refractivity contribution in [1.29, 1.82) is 0 Å². The average Bonchev–Trinajstić information content (AvgIpc) is 2.79. The Hall–Kier alpha value is -1.39. The molecule has 2 rings (SSSR count). The summed E-state index contributed by atoms with van der Waals surface area (Å²) in [6.07, 6.45) is 3.41. The predicted molar refractivity (Wildman–Crippen MR) is 66.4 cm³/mol. The van der Waals surface area contributed by atoms with Crippen molar-refractivity contribution in [3.05, 3.63) is 41.1 Å². The van der Waals surface area contributed by atoms with Crippen LogP contribution in [0.2, 0.25) is 5.02 Å². The molecule has 0 aliphatic carbocycles. The normalized spacial score (nSPS) is 10.8. The van der Waals surface area contributed by atoms with Crippen LogP contribution in [0.4, 0.5) is 4.39 Å². The summed E-state index contributed by atoms with van der Waals surface area (Å²) in [5.41, 5.74) is 7.08. The van der Waals surface area contributed by atoms with E-state index in [1.54, 1.807) is 18.3 Å². The van der Waals surface area contributed by atoms with Gasteiger partial charge in [-0.15, -0.1) is 0 Å². The van der Waals surface area contributed by atoms with Gasteiger partial charge in [-0.25, -0.2) is 9.37 Å². The van der Waals surface area contributed by atoms with Gasteiger partial charge in [0.1, 0.15) is 11.6 Å². The molecule has 0 atom stereocenters. The number of aromatic amines is 1. The number of aromatic nitrogens is 2. The summed E-state index contributed by atoms with van der Waals surface area (Å²) >= 11 is 5.73. The molecule has 1 aromatic carbocycles. The fourth-order valence-corrected chi connectivity index (χ4v) is 1.75. The third kappa shape index (κ3) is 2.84. The first-order valence-corrected chi connectivity index (χ1v) is 5.78. The van der Waals surface area contributed by atoms with Gasteiger partial charge in [-0.3, -0.25) is 0 Å². The summed E-state index contributed by atoms with van der Waals surface area (Å²) in [6.45, 7) is 0.637. The molecule has 0 fully saturated rings. The molecule has 0 amide bonds. The first kappa shape index (κ1) is 12.1. The van der Waals surface area contributed by atoms with E-state index in [1.165, 1.54) is 6.07 Å². The fourth-order valence-electron chi connectivity index (χ4n) is 1.57. The van der Waals surface area contributed by atoms with Gasteiger partial charge in [-0.2, -0.15) is 0 Å². The number of hydrogen-bond acceptors (Lipinski definition) is 2. The molecule has 3 N–H and O–H groups in total. The first-order chi connectivity index (χ1) is 8.20. The maximum atomic E-state index is 13.0. The van der Waals surface area contributed by atoms with E-state index in [9.17, 15) is 4.39 Å². The molecule has 1 aromatic heterocycles. The second-order valence-corrected chi connectivity index (χ2v) is 4.17. The summed E-state index contributed by atoms with van der Waals surface area (Å²) in [5, 5.41) is 0.112. The molecule has 2 aromatic rings. The number of rotatable bonds is 4. The Morgan fingerprint density at radius 2 is 2.24 bits per heavy atom. The van der Waals surface area contributed by atoms with Gasteiger partial charge in [0.05, 0.1) is 16.9 Å². The highest BCUT2D eigenvalue weighted by Crippen LogP contribution is 2.23. The number of H-pyrrole nitrogens is 1. The third-order valence-corrected chi connectivity index (χ3v) is 2.77. The lowest BCUT2D eigenvalue weighted by Crippen LogP contribution is -2.01. The van der Waals surface area contributed by atoms with E-state index < -0.39 is 5.82 Å². The van der Waals surface area contributed by atoms with Crippen LogP contribution >= 0.6 is 11.6 Å². The Morgan fingerprint density at radius 1 is 1.41 bits per heavy atom. The summed E-state index contributed by atoms with van der Waals surface area (Å²) < 4.78 is 13.0. The molecule has 0 aliphatic heterocycles. The molecule has 0 aliphatic rings. The smallest absolute Gasteiger partial charge is 0.141 e. The van der Waals surface area contributed by atoms with Gasteiger partial charge in [0, 0.05) is 12.0 Å². The number of imidazole rings is 1. The van der Waals surface area contributed by atoms with Crippen LogP contribution in [0.25, 0.3) is 11.3 Å². The van der Waals surface area contributed by atoms with Crippen molar-refractivity contribution < 1.29 is 4.39 Å². The van der Waals surface area contributed by atoms with Gasteiger partial charge in [0.2, 0.25) is 0 Å². The van der Waals surface area contributed by atoms with Gasteiger partial charge < -0.3 is 10.7 Å². The van der Waals surface area contributed by atoms with Gasteiger partial charge >= 0.3 is 0 Å². The monoisotopic (exact) mass is 253 g/mol. The highest BCUT2D eigenvalue weighted by molar-refractivity contribution is 6.31. The van der Waals surface area contributed by atoms with Crippen LogP contribution in [0.1, 0.15) is 12.2 Å². The first-order valence-electron chi connectivity index (χ1n) is 5.40. The summed E-state index contributed by atoms with van der Waals surface area (Å²) in [5.74, 6) is 0.462. The van der Waals surface area contributed by atoms with Crippen LogP contribution in [-0.2, 0) is 6.42 Å². The zero-order valence-corrected chi connectivity index (χ0v) is 9.97. The topological polar surface area (TPSA) is 54.7 Å². The van der Waals surface area contributed by atoms with Crippen molar-refractivity contribution in [3.63, 3.8) is 0 Å². The summed E-state index contributed by atoms with van der Waals surface area (Å²) in [4.78, 5) is 7.40. The van der Waals surface area contributed by atoms with Crippen LogP contribution in [0.15, 0.2) is 24.4 Å². The highest BCUT2D eigenvalue weighted by Gasteiger charge is 2.06. The van der Waals surface area contributed by atoms with Crippen LogP contribution in [0.5, 0.6) is 0 Å². The minimum atomic E-state index is -0.418. The van der Waals surface area contributed by atoms with Crippen molar-refractivity contribution in [1.82, 2.24) is 9.97 Å². The molecule has 17 heavy (non-hydrogen) atoms. The summed E-state index contributed by atoms with van der Waals surface area (Å²) in [7, 11) is 0. The third-order valence-electron chi connectivity index (χ3n) is 2.48. The molecule has 5 heteroatoms. The molecular weight excluding hydrogens is 241 g/mol. The van der Waals surface area contributed by atoms with Crippen LogP contribution in [-0.4, -0.2) is 16.5 Å². The maximum absolute atomic E-state index is 13.0. The van der Waals surface area contributed by atoms with Crippen molar-refractivity contribution in [2.45, 2.75) is 12.8 Å². The zero-order chi connectivity index (χ0) is 12.3. The Kier molecular flexibility index (Phi) is 3.76. The Balaban J connectivity index is 2.21. The van der Waals surface area contributed by atoms with Crippen molar-refractivity contribution >= 4 is 11.6 Å². The number of nitrogens with one attached hydrogen (secondary N) is 1. The fraction of sp³-hybridized carbons (Fsp3) is 0.250. The minimum absolute atomic E-state index is 0.112. The van der Waals surface area contributed by atoms with E-state index in [0.29, 0.717) is 6.54 Å². The van der Waals surface area contributed by atoms with E-state index in [-0.39, 0.29) is 5.02 Å². The molecule has 0 saturated carbocycles. The summed E-state index contributed by atoms with van der Waals surface area (Å²) in [6, 6.07) is 4.59. The van der Waals surface area contributed by atoms with E-state index in [2.05, 4.69) is 9.97 Å². The number of hydrogen-bond donors (Lipinski definition) is 2. The van der Waals surface area contributed by atoms with Crippen LogP contribution < -0.4 is 5.73 Å². The molecule has 0 unspecified atom stereocenters. The number of aryl methyl sites for hydroxylation is 1. The van der Waals surface area contributed by atoms with Gasteiger partial charge in [-0.1, -0.05) is 11.6 Å². The molecule has 0 saturated heterocycles. The van der Waals surface area contributed by atoms with E-state index in [4.69, 9.17) is 17.3 Å². The Morgan fingerprint density at radius 3 is 2.94 bits per heavy atom. The highest BCUT2D eigenvalue weighted by atomic mass is 35.5. The zero-order valence-electron chi connectivity index (χ0n) is 9.21. The molecule has 0 bridgehead atoms. The van der Waals surface area contributed by atoms with Gasteiger partial charge in [0.25, 0.3) is 0 Å². The average molecular weight is 254 g/mol. The molecular formula is C12H13ClFN3. The predicted octanol–water partition coefficient (Wildman–Crippen LogP) is 2.76. The van der Waals surface area contributed by atoms with Crippen molar-refractivity contribution in [3.8, 4) is 11.3 Å². The van der Waals surface area contributed by atoms with Crippen LogP contribution in [0, 0.1) is 5.82 Å². The lowest BCUT2D eigenvalue weighted by atomic mass is 10.2. The largest absolute Gasteiger partial charge is 0.342 e. The molecule has 3 nitrogen and oxygen atoms in total. The lowest BCUT2D eigenvalue weighted by molar-refractivity contribution is 0.628. The number of nitrogens with two attached hydrogens (primary N) is 1. The Labute approximate surface area is 104 Å². The number of nitrogens with zero attached hydrogens (tertiary/aromatic N) is 1. The molecule has 1 heterocycles. The maximum Gasteiger partial charge on any atom is 0.141 e. The standard InChI is InChI=1S/C12H13ClFN3/c13-9-6-8(3-4-10(9)14)11-7-16-12(17-11)2-1-5-15/h3-4,6-7H,1-2,5,15H2,(H,16,17). The minimum Gasteiger partial charge on any atom is -0.342 e. The number of benzene rings is 1. The van der Waals surface area contributed by atoms with E-state index in [0.717, 1.165) is 29.9 Å². The van der Waals surface area contributed by atoms with Crippen LogP contribution in [0.3, 0.4) is 0 Å². The molecule has 0 spiro atoms. The van der Waals surface area contributed by atoms with Crippen molar-refractivity contribution in [2.24, 2.45) is 5.73 Å². The van der Waals surface area contributed by atoms with E-state index in [1.807, 2.05) is 0 Å². The van der Waals surface area contributed by atoms with Gasteiger partial charge in [-0.05, 0) is 31.2 Å². The van der Waals surface area contributed by atoms with Crippen molar-refractivity contribution in [2.75, 3.05) is 6.54 Å². The SMILES string of the molecule is NCCCc1ncc(-c2ccc(F)c(Cl)c2)[nH]1. The second-order valence-electron chi connectivity index (χ2n) is 3.76.